The Labute approximate surface area is 283 Å². The van der Waals surface area contributed by atoms with Crippen molar-refractivity contribution in [3.05, 3.63) is 92.8 Å². The van der Waals surface area contributed by atoms with Gasteiger partial charge in [0.05, 0.1) is 58.7 Å². The van der Waals surface area contributed by atoms with Gasteiger partial charge in [-0.15, -0.1) is 0 Å². The fourth-order valence-corrected chi connectivity index (χ4v) is 8.58. The lowest BCUT2D eigenvalue weighted by Gasteiger charge is -2.49. The summed E-state index contributed by atoms with van der Waals surface area (Å²) >= 11 is 6.07. The van der Waals surface area contributed by atoms with Crippen molar-refractivity contribution >= 4 is 52.3 Å². The number of nitro benzene ring substituents is 1. The molecule has 0 bridgehead atoms. The maximum Gasteiger partial charge on any atom is 0.271 e. The molecule has 2 aliphatic carbocycles. The first kappa shape index (κ1) is 32.3. The molecule has 3 aromatic carbocycles. The Morgan fingerprint density at radius 1 is 0.939 bits per heavy atom. The maximum absolute atomic E-state index is 14.7. The van der Waals surface area contributed by atoms with E-state index in [1.54, 1.807) is 6.92 Å². The van der Waals surface area contributed by atoms with Gasteiger partial charge in [0.25, 0.3) is 5.69 Å². The summed E-state index contributed by atoms with van der Waals surface area (Å²) in [6, 6.07) is 11.5. The van der Waals surface area contributed by atoms with Crippen LogP contribution in [0.3, 0.4) is 0 Å². The molecule has 49 heavy (non-hydrogen) atoms. The molecule has 6 unspecified atom stereocenters. The lowest BCUT2D eigenvalue weighted by Crippen LogP contribution is -2.49. The van der Waals surface area contributed by atoms with Gasteiger partial charge < -0.3 is 14.6 Å². The van der Waals surface area contributed by atoms with Crippen LogP contribution in [0.1, 0.15) is 31.2 Å². The highest BCUT2D eigenvalue weighted by Gasteiger charge is 2.68. The van der Waals surface area contributed by atoms with E-state index in [1.807, 2.05) is 6.08 Å². The van der Waals surface area contributed by atoms with Crippen LogP contribution in [0, 0.1) is 45.0 Å². The number of imide groups is 2. The number of halogens is 2. The van der Waals surface area contributed by atoms with Crippen LogP contribution in [0.2, 0.25) is 5.02 Å². The number of hydrogen-bond acceptors (Lipinski definition) is 9. The maximum atomic E-state index is 14.7. The van der Waals surface area contributed by atoms with Gasteiger partial charge in [-0.25, -0.2) is 14.2 Å². The van der Waals surface area contributed by atoms with E-state index < -0.39 is 69.4 Å². The predicted molar refractivity (Wildman–Crippen MR) is 173 cm³/mol. The van der Waals surface area contributed by atoms with Gasteiger partial charge in [-0.1, -0.05) is 29.3 Å². The molecule has 14 heteroatoms. The number of methoxy groups -OCH3 is 2. The summed E-state index contributed by atoms with van der Waals surface area (Å²) in [6.07, 6.45) is 1.95. The summed E-state index contributed by atoms with van der Waals surface area (Å²) in [5.74, 6) is -7.34. The number of anilines is 2. The molecule has 0 radical (unpaired) electrons. The molecule has 0 aromatic heterocycles. The number of ether oxygens (including phenoxy) is 2. The highest BCUT2D eigenvalue weighted by atomic mass is 35.5. The number of benzene rings is 3. The molecular weight excluding hydrogens is 661 g/mol. The number of carbonyl (C=O) groups is 4. The summed E-state index contributed by atoms with van der Waals surface area (Å²) in [5.41, 5.74) is -0.690. The number of allylic oxidation sites excluding steroid dienone is 2. The highest BCUT2D eigenvalue weighted by molar-refractivity contribution is 6.32. The van der Waals surface area contributed by atoms with Crippen LogP contribution in [0.25, 0.3) is 0 Å². The number of phenolic OH excluding ortho intramolecular Hbond substituents is 1. The third-order valence-electron chi connectivity index (χ3n) is 10.6. The Balaban J connectivity index is 1.41. The highest BCUT2D eigenvalue weighted by Crippen LogP contribution is 2.66. The van der Waals surface area contributed by atoms with Crippen LogP contribution < -0.4 is 19.3 Å². The fraction of sp³-hybridized carbons (Fsp3) is 0.314. The standard InChI is InChI=1S/C35H29ClFN3O9/c1-35-23(32(43)39(34(35)45)17-7-10-25(37)24(36)12-17)15-22-20(30(35)29-26(48-2)13-19(41)14-27(29)49-3)8-9-21-28(22)33(44)38(31(21)42)16-5-4-6-18(11-16)40(46)47/h4-8,10-14,21-23,28,30,41H,9,15H2,1-3H3. The van der Waals surface area contributed by atoms with Crippen molar-refractivity contribution in [3.63, 3.8) is 0 Å². The van der Waals surface area contributed by atoms with Gasteiger partial charge in [0.2, 0.25) is 23.6 Å². The molecule has 1 N–H and O–H groups in total. The Morgan fingerprint density at radius 3 is 2.24 bits per heavy atom. The van der Waals surface area contributed by atoms with Crippen LogP contribution in [-0.2, 0) is 19.2 Å². The Morgan fingerprint density at radius 2 is 1.61 bits per heavy atom. The molecule has 2 saturated heterocycles. The van der Waals surface area contributed by atoms with Crippen molar-refractivity contribution in [2.45, 2.75) is 25.7 Å². The largest absolute Gasteiger partial charge is 0.508 e. The molecule has 2 aliphatic heterocycles. The number of aromatic hydroxyl groups is 1. The predicted octanol–water partition coefficient (Wildman–Crippen LogP) is 5.55. The van der Waals surface area contributed by atoms with E-state index >= 15 is 0 Å². The first-order chi connectivity index (χ1) is 23.3. The quantitative estimate of drug-likeness (QED) is 0.152. The van der Waals surface area contributed by atoms with Crippen molar-refractivity contribution < 1.29 is 43.1 Å². The molecule has 252 valence electrons. The number of nitrogens with zero attached hydrogens (tertiary/aromatic N) is 3. The molecule has 6 atom stereocenters. The van der Waals surface area contributed by atoms with Gasteiger partial charge in [0.15, 0.2) is 0 Å². The second-order valence-electron chi connectivity index (χ2n) is 12.8. The van der Waals surface area contributed by atoms with Crippen molar-refractivity contribution in [2.75, 3.05) is 24.0 Å². The monoisotopic (exact) mass is 689 g/mol. The molecule has 4 amide bonds. The van der Waals surface area contributed by atoms with E-state index in [2.05, 4.69) is 0 Å². The number of non-ortho nitro benzene ring substituents is 1. The minimum Gasteiger partial charge on any atom is -0.508 e. The Kier molecular flexibility index (Phi) is 7.51. The van der Waals surface area contributed by atoms with E-state index in [9.17, 15) is 38.8 Å². The lowest BCUT2D eigenvalue weighted by molar-refractivity contribution is -0.384. The van der Waals surface area contributed by atoms with Crippen LogP contribution in [-0.4, -0.2) is 47.9 Å². The second-order valence-corrected chi connectivity index (χ2v) is 13.2. The van der Waals surface area contributed by atoms with Crippen LogP contribution in [0.4, 0.5) is 21.5 Å². The summed E-state index contributed by atoms with van der Waals surface area (Å²) in [6.45, 7) is 1.65. The number of amides is 4. The number of hydrogen-bond donors (Lipinski definition) is 1. The van der Waals surface area contributed by atoms with Crippen molar-refractivity contribution in [1.82, 2.24) is 0 Å². The number of fused-ring (bicyclic) bond motifs is 4. The summed E-state index contributed by atoms with van der Waals surface area (Å²) in [4.78, 5) is 70.1. The smallest absolute Gasteiger partial charge is 0.271 e. The molecule has 3 fully saturated rings. The number of carbonyl (C=O) groups excluding carboxylic acids is 4. The van der Waals surface area contributed by atoms with Crippen LogP contribution in [0.15, 0.2) is 66.2 Å². The third-order valence-corrected chi connectivity index (χ3v) is 10.8. The molecule has 2 heterocycles. The molecular formula is C35H29ClFN3O9. The van der Waals surface area contributed by atoms with E-state index in [1.165, 1.54) is 62.8 Å². The molecule has 3 aromatic rings. The lowest BCUT2D eigenvalue weighted by atomic mass is 9.51. The van der Waals surface area contributed by atoms with E-state index in [4.69, 9.17) is 21.1 Å². The Bertz CT molecular complexity index is 2010. The first-order valence-corrected chi connectivity index (χ1v) is 15.8. The molecule has 7 rings (SSSR count). The van der Waals surface area contributed by atoms with Gasteiger partial charge >= 0.3 is 0 Å². The van der Waals surface area contributed by atoms with Gasteiger partial charge in [0, 0.05) is 35.7 Å². The van der Waals surface area contributed by atoms with E-state index in [-0.39, 0.29) is 52.2 Å². The van der Waals surface area contributed by atoms with Crippen LogP contribution in [0.5, 0.6) is 17.2 Å². The molecule has 1 saturated carbocycles. The van der Waals surface area contributed by atoms with Crippen LogP contribution >= 0.6 is 11.6 Å². The number of phenols is 1. The van der Waals surface area contributed by atoms with Gasteiger partial charge in [0.1, 0.15) is 23.1 Å². The Hall–Kier alpha value is -5.30. The normalized spacial score (nSPS) is 27.4. The zero-order valence-electron chi connectivity index (χ0n) is 26.4. The summed E-state index contributed by atoms with van der Waals surface area (Å²) in [7, 11) is 2.77. The first-order valence-electron chi connectivity index (χ1n) is 15.4. The minimum atomic E-state index is -1.50. The van der Waals surface area contributed by atoms with E-state index in [0.717, 1.165) is 15.9 Å². The van der Waals surface area contributed by atoms with Crippen molar-refractivity contribution in [3.8, 4) is 17.2 Å². The van der Waals surface area contributed by atoms with Crippen molar-refractivity contribution in [2.24, 2.45) is 29.1 Å². The van der Waals surface area contributed by atoms with Gasteiger partial charge in [-0.3, -0.25) is 29.3 Å². The molecule has 4 aliphatic rings. The van der Waals surface area contributed by atoms with Gasteiger partial charge in [-0.2, -0.15) is 0 Å². The SMILES string of the molecule is COc1cc(O)cc(OC)c1C1C2=CCC3C(=O)N(c4cccc([N+](=O)[O-])c4)C(=O)C3C2CC2C(=O)N(c3ccc(F)c(Cl)c3)C(=O)C21C. The molecule has 12 nitrogen and oxygen atoms in total. The number of nitro groups is 1. The summed E-state index contributed by atoms with van der Waals surface area (Å²) < 4.78 is 25.6. The minimum absolute atomic E-state index is 0.0144. The van der Waals surface area contributed by atoms with Crippen molar-refractivity contribution in [1.29, 1.82) is 0 Å². The third kappa shape index (κ3) is 4.55. The average molecular weight is 690 g/mol. The van der Waals surface area contributed by atoms with E-state index in [0.29, 0.717) is 11.1 Å². The fourth-order valence-electron chi connectivity index (χ4n) is 8.40. The van der Waals surface area contributed by atoms with Gasteiger partial charge in [-0.05, 0) is 49.9 Å². The zero-order valence-corrected chi connectivity index (χ0v) is 27.1. The summed E-state index contributed by atoms with van der Waals surface area (Å²) in [5, 5.41) is 21.7. The topological polar surface area (TPSA) is 157 Å². The number of rotatable bonds is 6. The second kappa shape index (κ2) is 11.4. The average Bonchev–Trinajstić information content (AvgIpc) is 3.45. The zero-order chi connectivity index (χ0) is 35.1. The molecule has 0 spiro atoms.